The number of nitrogens with one attached hydrogen (secondary N) is 2. The number of pyridine rings is 1. The average Bonchev–Trinajstić information content (AvgIpc) is 3.29. The standard InChI is InChI=1S/C27H33N7O2/c1-4-15-33-16-7-6-8-21(33)26-32-23(24(25(28)35)34(26)29-3)19-9-11-20(12-10-19)27(36)31-22-17-18(5-2)13-14-30-22/h4,9-15,17,21,29H,5-8,16H2,1-3H3,(H2,28,35)(H,30,31,36)/t21-/m0/s1. The van der Waals surface area contributed by atoms with E-state index in [1.54, 1.807) is 42.2 Å². The Bertz CT molecular complexity index is 1260. The third-order valence-corrected chi connectivity index (χ3v) is 6.44. The summed E-state index contributed by atoms with van der Waals surface area (Å²) < 4.78 is 1.69. The number of allylic oxidation sites excluding steroid dienone is 1. The highest BCUT2D eigenvalue weighted by atomic mass is 16.2. The predicted molar refractivity (Wildman–Crippen MR) is 141 cm³/mol. The Hall–Kier alpha value is -4.14. The molecule has 36 heavy (non-hydrogen) atoms. The van der Waals surface area contributed by atoms with E-state index in [0.29, 0.717) is 22.6 Å². The van der Waals surface area contributed by atoms with Crippen LogP contribution >= 0.6 is 0 Å². The third-order valence-electron chi connectivity index (χ3n) is 6.44. The number of nitrogens with zero attached hydrogens (tertiary/aromatic N) is 4. The molecule has 0 spiro atoms. The molecule has 4 N–H and O–H groups in total. The molecule has 3 aromatic rings. The lowest BCUT2D eigenvalue weighted by atomic mass is 10.0. The molecule has 1 fully saturated rings. The number of amides is 2. The highest BCUT2D eigenvalue weighted by Crippen LogP contribution is 2.34. The van der Waals surface area contributed by atoms with E-state index in [0.717, 1.165) is 43.6 Å². The van der Waals surface area contributed by atoms with Crippen molar-refractivity contribution >= 4 is 17.6 Å². The molecule has 0 aliphatic carbocycles. The Morgan fingerprint density at radius 3 is 2.64 bits per heavy atom. The van der Waals surface area contributed by atoms with Crippen molar-refractivity contribution in [2.24, 2.45) is 5.73 Å². The summed E-state index contributed by atoms with van der Waals surface area (Å²) in [6.07, 6.45) is 9.74. The van der Waals surface area contributed by atoms with Gasteiger partial charge >= 0.3 is 0 Å². The van der Waals surface area contributed by atoms with Crippen LogP contribution in [0.15, 0.2) is 54.9 Å². The van der Waals surface area contributed by atoms with Gasteiger partial charge in [0.15, 0.2) is 11.5 Å². The van der Waals surface area contributed by atoms with Crippen LogP contribution in [0.25, 0.3) is 11.3 Å². The van der Waals surface area contributed by atoms with Crippen LogP contribution in [-0.4, -0.2) is 45.0 Å². The number of likely N-dealkylation sites (tertiary alicyclic amines) is 1. The Kier molecular flexibility index (Phi) is 7.68. The highest BCUT2D eigenvalue weighted by molar-refractivity contribution is 6.04. The zero-order valence-electron chi connectivity index (χ0n) is 21.0. The maximum absolute atomic E-state index is 12.8. The Morgan fingerprint density at radius 2 is 1.97 bits per heavy atom. The van der Waals surface area contributed by atoms with Crippen molar-refractivity contribution in [1.82, 2.24) is 19.5 Å². The lowest BCUT2D eigenvalue weighted by Gasteiger charge is -2.34. The van der Waals surface area contributed by atoms with Gasteiger partial charge < -0.3 is 21.4 Å². The minimum atomic E-state index is -0.574. The molecule has 1 saturated heterocycles. The average molecular weight is 488 g/mol. The quantitative estimate of drug-likeness (QED) is 0.440. The van der Waals surface area contributed by atoms with Crippen LogP contribution in [0.4, 0.5) is 5.82 Å². The van der Waals surface area contributed by atoms with Crippen molar-refractivity contribution in [3.63, 3.8) is 0 Å². The number of primary amides is 1. The summed E-state index contributed by atoms with van der Waals surface area (Å²) in [6, 6.07) is 10.8. The maximum atomic E-state index is 12.8. The van der Waals surface area contributed by atoms with Gasteiger partial charge in [0.2, 0.25) is 0 Å². The zero-order chi connectivity index (χ0) is 25.7. The van der Waals surface area contributed by atoms with Gasteiger partial charge in [-0.05, 0) is 68.6 Å². The molecule has 1 atom stereocenters. The van der Waals surface area contributed by atoms with Gasteiger partial charge in [-0.3, -0.25) is 9.59 Å². The van der Waals surface area contributed by atoms with Crippen LogP contribution in [0.5, 0.6) is 0 Å². The number of hydrogen-bond donors (Lipinski definition) is 3. The number of piperidine rings is 1. The molecule has 2 amide bonds. The van der Waals surface area contributed by atoms with Crippen molar-refractivity contribution in [2.75, 3.05) is 24.3 Å². The van der Waals surface area contributed by atoms with Gasteiger partial charge in [0.05, 0.1) is 6.04 Å². The largest absolute Gasteiger partial charge is 0.368 e. The Morgan fingerprint density at radius 1 is 1.19 bits per heavy atom. The Labute approximate surface area is 211 Å². The number of aryl methyl sites for hydroxylation is 1. The first-order valence-corrected chi connectivity index (χ1v) is 12.3. The van der Waals surface area contributed by atoms with Crippen molar-refractivity contribution in [3.05, 3.63) is 77.5 Å². The SMILES string of the molecule is CC=CN1CCCC[C@H]1c1nc(-c2ccc(C(=O)Nc3cc(CC)ccn3)cc2)c(C(N)=O)n1NC. The summed E-state index contributed by atoms with van der Waals surface area (Å²) in [5.41, 5.74) is 12.0. The first kappa shape index (κ1) is 25.0. The van der Waals surface area contributed by atoms with Crippen LogP contribution in [0.2, 0.25) is 0 Å². The number of hydrogen-bond acceptors (Lipinski definition) is 6. The molecule has 0 radical (unpaired) electrons. The first-order valence-electron chi connectivity index (χ1n) is 12.3. The maximum Gasteiger partial charge on any atom is 0.269 e. The van der Waals surface area contributed by atoms with Gasteiger partial charge in [-0.1, -0.05) is 25.1 Å². The molecule has 2 aromatic heterocycles. The van der Waals surface area contributed by atoms with E-state index in [9.17, 15) is 9.59 Å². The summed E-state index contributed by atoms with van der Waals surface area (Å²) in [7, 11) is 1.75. The number of aromatic nitrogens is 3. The molecule has 1 aliphatic rings. The van der Waals surface area contributed by atoms with Crippen molar-refractivity contribution in [2.45, 2.75) is 45.6 Å². The van der Waals surface area contributed by atoms with Crippen LogP contribution in [0, 0.1) is 0 Å². The van der Waals surface area contributed by atoms with Crippen molar-refractivity contribution < 1.29 is 9.59 Å². The fourth-order valence-corrected chi connectivity index (χ4v) is 4.65. The normalized spacial score (nSPS) is 15.8. The van der Waals surface area contributed by atoms with Gasteiger partial charge in [-0.25, -0.2) is 14.6 Å². The number of carbonyl (C=O) groups excluding carboxylic acids is 2. The monoisotopic (exact) mass is 487 g/mol. The van der Waals surface area contributed by atoms with Gasteiger partial charge in [0.1, 0.15) is 11.5 Å². The number of carbonyl (C=O) groups is 2. The predicted octanol–water partition coefficient (Wildman–Crippen LogP) is 4.09. The summed E-state index contributed by atoms with van der Waals surface area (Å²) in [6.45, 7) is 4.96. The summed E-state index contributed by atoms with van der Waals surface area (Å²) in [5, 5.41) is 2.84. The third kappa shape index (κ3) is 5.10. The van der Waals surface area contributed by atoms with Gasteiger partial charge in [0.25, 0.3) is 11.8 Å². The van der Waals surface area contributed by atoms with Gasteiger partial charge in [-0.15, -0.1) is 0 Å². The molecule has 0 bridgehead atoms. The molecule has 4 rings (SSSR count). The van der Waals surface area contributed by atoms with E-state index >= 15 is 0 Å². The molecule has 9 nitrogen and oxygen atoms in total. The number of imidazole rings is 1. The van der Waals surface area contributed by atoms with E-state index in [1.807, 2.05) is 32.1 Å². The fourth-order valence-electron chi connectivity index (χ4n) is 4.65. The molecular weight excluding hydrogens is 454 g/mol. The summed E-state index contributed by atoms with van der Waals surface area (Å²) >= 11 is 0. The number of nitrogens with two attached hydrogens (primary N) is 1. The van der Waals surface area contributed by atoms with Crippen LogP contribution < -0.4 is 16.5 Å². The number of rotatable bonds is 8. The molecule has 0 saturated carbocycles. The van der Waals surface area contributed by atoms with E-state index in [2.05, 4.69) is 26.8 Å². The number of anilines is 1. The number of benzene rings is 1. The lowest BCUT2D eigenvalue weighted by Crippen LogP contribution is -2.33. The molecule has 9 heteroatoms. The van der Waals surface area contributed by atoms with E-state index in [1.165, 1.54) is 0 Å². The van der Waals surface area contributed by atoms with Crippen LogP contribution in [0.1, 0.15) is 71.4 Å². The highest BCUT2D eigenvalue weighted by Gasteiger charge is 2.31. The second-order valence-corrected chi connectivity index (χ2v) is 8.76. The van der Waals surface area contributed by atoms with Gasteiger partial charge in [-0.2, -0.15) is 0 Å². The van der Waals surface area contributed by atoms with E-state index < -0.39 is 5.91 Å². The van der Waals surface area contributed by atoms with Crippen molar-refractivity contribution in [1.29, 1.82) is 0 Å². The van der Waals surface area contributed by atoms with Crippen LogP contribution in [-0.2, 0) is 6.42 Å². The zero-order valence-corrected chi connectivity index (χ0v) is 21.0. The minimum Gasteiger partial charge on any atom is -0.368 e. The molecular formula is C27H33N7O2. The van der Waals surface area contributed by atoms with E-state index in [4.69, 9.17) is 10.7 Å². The van der Waals surface area contributed by atoms with Gasteiger partial charge in [0, 0.05) is 30.9 Å². The molecule has 0 unspecified atom stereocenters. The van der Waals surface area contributed by atoms with Crippen LogP contribution in [0.3, 0.4) is 0 Å². The minimum absolute atomic E-state index is 0.0192. The molecule has 188 valence electrons. The van der Waals surface area contributed by atoms with E-state index in [-0.39, 0.29) is 17.6 Å². The first-order chi connectivity index (χ1) is 17.5. The summed E-state index contributed by atoms with van der Waals surface area (Å²) in [4.78, 5) is 36.7. The summed E-state index contributed by atoms with van der Waals surface area (Å²) in [5.74, 6) is 0.413. The second kappa shape index (κ2) is 11.1. The lowest BCUT2D eigenvalue weighted by molar-refractivity contribution is 0.0990. The molecule has 3 heterocycles. The van der Waals surface area contributed by atoms with Crippen molar-refractivity contribution in [3.8, 4) is 11.3 Å². The smallest absolute Gasteiger partial charge is 0.269 e. The Balaban J connectivity index is 1.65. The molecule has 1 aliphatic heterocycles. The molecule has 1 aromatic carbocycles. The topological polar surface area (TPSA) is 118 Å². The second-order valence-electron chi connectivity index (χ2n) is 8.76. The fraction of sp³-hybridized carbons (Fsp3) is 0.333.